The largest absolute Gasteiger partial charge is 1.00 e. The monoisotopic (exact) mass is 241 g/mol. The quantitative estimate of drug-likeness (QED) is 0.288. The topological polar surface area (TPSA) is 157 Å². The molecule has 1 heterocycles. The van der Waals surface area contributed by atoms with E-state index in [9.17, 15) is 30.1 Å². The van der Waals surface area contributed by atoms with Gasteiger partial charge in [0.05, 0.1) is 9.82 Å². The summed E-state index contributed by atoms with van der Waals surface area (Å²) in [4.78, 5) is 29.0. The molecule has 0 bridgehead atoms. The Kier molecular flexibility index (Phi) is 4.89. The van der Waals surface area contributed by atoms with E-state index >= 15 is 0 Å². The van der Waals surface area contributed by atoms with Crippen molar-refractivity contribution >= 4 is 11.8 Å². The zero-order valence-corrected chi connectivity index (χ0v) is 10.3. The van der Waals surface area contributed by atoms with Crippen molar-refractivity contribution in [2.24, 2.45) is 0 Å². The summed E-state index contributed by atoms with van der Waals surface area (Å²) in [6.45, 7) is 0. The second-order valence-electron chi connectivity index (χ2n) is 1.93. The van der Waals surface area contributed by atoms with E-state index in [1.54, 1.807) is 0 Å². The van der Waals surface area contributed by atoms with E-state index in [0.29, 0.717) is 0 Å². The van der Waals surface area contributed by atoms with Crippen molar-refractivity contribution in [1.82, 2.24) is 15.1 Å². The molecule has 1 aromatic heterocycles. The average Bonchev–Trinajstić information content (AvgIpc) is 2.46. The molecule has 0 radical (unpaired) electrons. The number of carboxylic acid groups (broad SMARTS) is 1. The predicted molar refractivity (Wildman–Crippen MR) is 33.4 cm³/mol. The van der Waals surface area contributed by atoms with E-state index in [4.69, 9.17) is 0 Å². The smallest absolute Gasteiger partial charge is 0.543 e. The van der Waals surface area contributed by atoms with Crippen LogP contribution in [-0.4, -0.2) is 31.0 Å². The molecule has 74 valence electrons. The number of rotatable bonds is 3. The number of nitro groups is 2. The van der Waals surface area contributed by atoms with Gasteiger partial charge in [0, 0.05) is 0 Å². The molecule has 1 aromatic rings. The van der Waals surface area contributed by atoms with Crippen LogP contribution in [0.2, 0.25) is 0 Å². The fraction of sp³-hybridized carbons (Fsp3) is 0. The van der Waals surface area contributed by atoms with Crippen molar-refractivity contribution in [2.45, 2.75) is 0 Å². The maximum Gasteiger partial charge on any atom is 1.00 e. The first-order valence-corrected chi connectivity index (χ1v) is 2.91. The molecule has 1 rings (SSSR count). The van der Waals surface area contributed by atoms with Gasteiger partial charge in [-0.1, -0.05) is 0 Å². The van der Waals surface area contributed by atoms with E-state index < -0.39 is 27.4 Å². The Balaban J connectivity index is 0.00000196. The Morgan fingerprint density at radius 2 is 1.87 bits per heavy atom. The Morgan fingerprint density at radius 1 is 1.33 bits per heavy atom. The van der Waals surface area contributed by atoms with Gasteiger partial charge in [-0.3, -0.25) is 0 Å². The van der Waals surface area contributed by atoms with Crippen LogP contribution in [-0.2, 0) is 0 Å². The number of carbonyl (C=O) groups excluding carboxylic acids is 1. The Labute approximate surface area is 123 Å². The molecule has 0 saturated carbocycles. The molecule has 11 nitrogen and oxygen atoms in total. The van der Waals surface area contributed by atoms with Crippen LogP contribution in [0.4, 0.5) is 5.82 Å². The van der Waals surface area contributed by atoms with E-state index in [1.165, 1.54) is 0 Å². The van der Waals surface area contributed by atoms with Crippen LogP contribution in [0.3, 0.4) is 0 Å². The first-order chi connectivity index (χ1) is 6.45. The zero-order chi connectivity index (χ0) is 10.9. The molecule has 0 aliphatic rings. The van der Waals surface area contributed by atoms with Crippen LogP contribution in [0.15, 0.2) is 0 Å². The van der Waals surface area contributed by atoms with Gasteiger partial charge in [-0.15, -0.1) is 0 Å². The van der Waals surface area contributed by atoms with Gasteiger partial charge >= 0.3 is 62.4 Å². The summed E-state index contributed by atoms with van der Waals surface area (Å²) in [5.41, 5.74) is -1.31. The SMILES string of the molecule is O=C([O-])c1c([N+](=O)[O-])nnn1[N+](=O)[O-].[K+]. The summed E-state index contributed by atoms with van der Waals surface area (Å²) in [7, 11) is 0. The number of hydrogen-bond donors (Lipinski definition) is 0. The number of hydrogen-bond acceptors (Lipinski definition) is 8. The molecule has 0 aromatic carbocycles. The first-order valence-electron chi connectivity index (χ1n) is 2.91. The fourth-order valence-electron chi connectivity index (χ4n) is 0.676. The molecule has 15 heavy (non-hydrogen) atoms. The molecule has 0 atom stereocenters. The molecule has 12 heteroatoms. The predicted octanol–water partition coefficient (Wildman–Crippen LogP) is -5.41. The number of aromatic nitrogens is 3. The summed E-state index contributed by atoms with van der Waals surface area (Å²) >= 11 is 0. The minimum atomic E-state index is -2.10. The summed E-state index contributed by atoms with van der Waals surface area (Å²) in [5, 5.41) is 34.6. The second-order valence-corrected chi connectivity index (χ2v) is 1.93. The van der Waals surface area contributed by atoms with Crippen LogP contribution < -0.4 is 56.5 Å². The van der Waals surface area contributed by atoms with Crippen molar-refractivity contribution < 1.29 is 71.2 Å². The van der Waals surface area contributed by atoms with E-state index in [2.05, 4.69) is 10.3 Å². The third-order valence-corrected chi connectivity index (χ3v) is 1.16. The van der Waals surface area contributed by atoms with Gasteiger partial charge in [-0.25, -0.2) is 0 Å². The summed E-state index contributed by atoms with van der Waals surface area (Å²) in [6, 6.07) is 0. The second kappa shape index (κ2) is 5.22. The fourth-order valence-corrected chi connectivity index (χ4v) is 0.676. The molecular weight excluding hydrogens is 241 g/mol. The first kappa shape index (κ1) is 14.0. The Hall–Kier alpha value is -0.954. The van der Waals surface area contributed by atoms with Crippen LogP contribution >= 0.6 is 0 Å². The van der Waals surface area contributed by atoms with Gasteiger partial charge in [0.1, 0.15) is 5.97 Å². The van der Waals surface area contributed by atoms with Crippen LogP contribution in [0.5, 0.6) is 0 Å². The minimum Gasteiger partial charge on any atom is -0.543 e. The molecule has 0 amide bonds. The van der Waals surface area contributed by atoms with Crippen molar-refractivity contribution in [3.05, 3.63) is 25.9 Å². The van der Waals surface area contributed by atoms with Crippen molar-refractivity contribution in [3.63, 3.8) is 0 Å². The average molecular weight is 241 g/mol. The van der Waals surface area contributed by atoms with Crippen LogP contribution in [0.1, 0.15) is 10.5 Å². The molecule has 0 spiro atoms. The summed E-state index contributed by atoms with van der Waals surface area (Å²) < 4.78 is 0. The minimum absolute atomic E-state index is 0. The maximum absolute atomic E-state index is 10.3. The van der Waals surface area contributed by atoms with E-state index in [1.807, 2.05) is 0 Å². The number of carboxylic acids is 1. The Bertz CT molecular complexity index is 395. The van der Waals surface area contributed by atoms with Crippen LogP contribution in [0.25, 0.3) is 0 Å². The van der Waals surface area contributed by atoms with Gasteiger partial charge in [-0.2, -0.15) is 0 Å². The molecule has 0 fully saturated rings. The van der Waals surface area contributed by atoms with E-state index in [0.717, 1.165) is 0 Å². The summed E-state index contributed by atoms with van der Waals surface area (Å²) in [6.07, 6.45) is 0. The molecular formula is C3KN5O6. The molecule has 0 N–H and O–H groups in total. The Morgan fingerprint density at radius 3 is 2.20 bits per heavy atom. The van der Waals surface area contributed by atoms with Gasteiger partial charge in [0.25, 0.3) is 5.69 Å². The zero-order valence-electron chi connectivity index (χ0n) is 7.19. The van der Waals surface area contributed by atoms with E-state index in [-0.39, 0.29) is 56.2 Å². The normalized spacial score (nSPS) is 9.07. The van der Waals surface area contributed by atoms with Gasteiger partial charge in [-0.05, 0) is 4.92 Å². The number of carbonyl (C=O) groups is 1. The van der Waals surface area contributed by atoms with Crippen molar-refractivity contribution in [1.29, 1.82) is 0 Å². The standard InChI is InChI=1S/C3HN5O6.K/c9-3(10)1-2(7(11)12)4-5-6(1)8(13)14;/h(H,9,10);/q;+1/p-1. The van der Waals surface area contributed by atoms with Crippen molar-refractivity contribution in [3.8, 4) is 0 Å². The molecule has 0 saturated heterocycles. The number of aromatic carboxylic acids is 1. The van der Waals surface area contributed by atoms with Gasteiger partial charge in [0.2, 0.25) is 5.10 Å². The maximum atomic E-state index is 10.3. The van der Waals surface area contributed by atoms with Gasteiger partial charge in [0.15, 0.2) is 0 Å². The molecule has 0 aliphatic heterocycles. The molecule has 0 unspecified atom stereocenters. The number of nitrogens with zero attached hydrogens (tertiary/aromatic N) is 5. The third kappa shape index (κ3) is 2.75. The molecule has 0 aliphatic carbocycles. The van der Waals surface area contributed by atoms with Crippen molar-refractivity contribution in [2.75, 3.05) is 0 Å². The third-order valence-electron chi connectivity index (χ3n) is 1.16. The van der Waals surface area contributed by atoms with Crippen LogP contribution in [0, 0.1) is 20.2 Å². The van der Waals surface area contributed by atoms with Gasteiger partial charge < -0.3 is 30.1 Å². The summed E-state index contributed by atoms with van der Waals surface area (Å²) in [5.74, 6) is -3.33.